The average molecular weight is 324 g/mol. The summed E-state index contributed by atoms with van der Waals surface area (Å²) in [5, 5.41) is 9.89. The first-order valence-electron chi connectivity index (χ1n) is 8.45. The van der Waals surface area contributed by atoms with Crippen molar-refractivity contribution in [3.05, 3.63) is 71.3 Å². The van der Waals surface area contributed by atoms with Gasteiger partial charge in [-0.15, -0.1) is 0 Å². The highest BCUT2D eigenvalue weighted by Crippen LogP contribution is 2.36. The molecule has 0 aliphatic heterocycles. The Bertz CT molecular complexity index is 683. The second-order valence-corrected chi connectivity index (χ2v) is 6.54. The zero-order valence-corrected chi connectivity index (χ0v) is 13.8. The molecule has 1 atom stereocenters. The van der Waals surface area contributed by atoms with Crippen molar-refractivity contribution in [1.82, 2.24) is 4.90 Å². The Hall–Kier alpha value is -2.17. The van der Waals surface area contributed by atoms with Crippen LogP contribution >= 0.6 is 0 Å². The molecule has 0 aromatic heterocycles. The van der Waals surface area contributed by atoms with Gasteiger partial charge < -0.3 is 10.8 Å². The predicted molar refractivity (Wildman–Crippen MR) is 94.2 cm³/mol. The Morgan fingerprint density at radius 1 is 1.08 bits per heavy atom. The smallest absolute Gasteiger partial charge is 0.248 e. The largest absolute Gasteiger partial charge is 0.395 e. The minimum atomic E-state index is -0.410. The molecule has 0 spiro atoms. The van der Waals surface area contributed by atoms with E-state index in [-0.39, 0.29) is 12.6 Å². The average Bonchev–Trinajstić information content (AvgIpc) is 3.41. The van der Waals surface area contributed by atoms with Crippen LogP contribution in [0.3, 0.4) is 0 Å². The normalized spacial score (nSPS) is 15.4. The summed E-state index contributed by atoms with van der Waals surface area (Å²) in [7, 11) is 0. The maximum Gasteiger partial charge on any atom is 0.248 e. The van der Waals surface area contributed by atoms with Gasteiger partial charge >= 0.3 is 0 Å². The lowest BCUT2D eigenvalue weighted by Crippen LogP contribution is -2.38. The van der Waals surface area contributed by atoms with Crippen molar-refractivity contribution in [3.8, 4) is 0 Å². The lowest BCUT2D eigenvalue weighted by molar-refractivity contribution is 0.0942. The van der Waals surface area contributed by atoms with E-state index in [9.17, 15) is 9.90 Å². The Morgan fingerprint density at radius 3 is 2.38 bits per heavy atom. The molecule has 1 aliphatic carbocycles. The van der Waals surface area contributed by atoms with Gasteiger partial charge in [0.1, 0.15) is 0 Å². The highest BCUT2D eigenvalue weighted by atomic mass is 16.3. The minimum Gasteiger partial charge on any atom is -0.395 e. The highest BCUT2D eigenvalue weighted by Gasteiger charge is 2.34. The van der Waals surface area contributed by atoms with E-state index in [1.807, 2.05) is 36.4 Å². The molecule has 0 radical (unpaired) electrons. The second-order valence-electron chi connectivity index (χ2n) is 6.54. The SMILES string of the molecule is NC(=O)c1cccc(CN(Cc2ccccc2)C(CO)C2CC2)c1. The molecule has 4 nitrogen and oxygen atoms in total. The topological polar surface area (TPSA) is 66.6 Å². The van der Waals surface area contributed by atoms with E-state index in [0.29, 0.717) is 18.0 Å². The molecule has 2 aromatic rings. The van der Waals surface area contributed by atoms with E-state index >= 15 is 0 Å². The van der Waals surface area contributed by atoms with Gasteiger partial charge in [0.15, 0.2) is 0 Å². The Kier molecular flexibility index (Phi) is 5.28. The Morgan fingerprint density at radius 2 is 1.75 bits per heavy atom. The first-order chi connectivity index (χ1) is 11.7. The van der Waals surface area contributed by atoms with Gasteiger partial charge in [-0.2, -0.15) is 0 Å². The third-order valence-electron chi connectivity index (χ3n) is 4.65. The summed E-state index contributed by atoms with van der Waals surface area (Å²) in [5.74, 6) is 0.158. The molecule has 3 rings (SSSR count). The maximum absolute atomic E-state index is 11.4. The van der Waals surface area contributed by atoms with Gasteiger partial charge in [-0.25, -0.2) is 0 Å². The van der Waals surface area contributed by atoms with Gasteiger partial charge in [0.25, 0.3) is 0 Å². The molecule has 1 fully saturated rings. The van der Waals surface area contributed by atoms with Crippen molar-refractivity contribution >= 4 is 5.91 Å². The molecule has 126 valence electrons. The van der Waals surface area contributed by atoms with E-state index < -0.39 is 5.91 Å². The molecule has 1 amide bonds. The second kappa shape index (κ2) is 7.60. The summed E-state index contributed by atoms with van der Waals surface area (Å²) in [5.41, 5.74) is 8.18. The van der Waals surface area contributed by atoms with Crippen LogP contribution < -0.4 is 5.73 Å². The molecule has 3 N–H and O–H groups in total. The molecule has 1 unspecified atom stereocenters. The van der Waals surface area contributed by atoms with E-state index in [1.165, 1.54) is 18.4 Å². The van der Waals surface area contributed by atoms with Crippen LogP contribution in [0.4, 0.5) is 0 Å². The number of aliphatic hydroxyl groups is 1. The van der Waals surface area contributed by atoms with E-state index in [2.05, 4.69) is 17.0 Å². The number of hydrogen-bond donors (Lipinski definition) is 2. The third-order valence-corrected chi connectivity index (χ3v) is 4.65. The van der Waals surface area contributed by atoms with Crippen LogP contribution in [0.25, 0.3) is 0 Å². The maximum atomic E-state index is 11.4. The molecule has 24 heavy (non-hydrogen) atoms. The summed E-state index contributed by atoms with van der Waals surface area (Å²) >= 11 is 0. The number of nitrogens with two attached hydrogens (primary N) is 1. The number of benzene rings is 2. The molecular formula is C20H24N2O2. The number of carbonyl (C=O) groups is 1. The number of aliphatic hydroxyl groups excluding tert-OH is 1. The number of nitrogens with zero attached hydrogens (tertiary/aromatic N) is 1. The van der Waals surface area contributed by atoms with Crippen molar-refractivity contribution in [2.45, 2.75) is 32.0 Å². The molecule has 4 heteroatoms. The number of amides is 1. The van der Waals surface area contributed by atoms with Crippen molar-refractivity contribution in [1.29, 1.82) is 0 Å². The van der Waals surface area contributed by atoms with Crippen LogP contribution in [0.1, 0.15) is 34.3 Å². The van der Waals surface area contributed by atoms with E-state index in [0.717, 1.165) is 12.1 Å². The van der Waals surface area contributed by atoms with Gasteiger partial charge in [-0.05, 0) is 42.0 Å². The van der Waals surface area contributed by atoms with E-state index in [4.69, 9.17) is 5.73 Å². The quantitative estimate of drug-likeness (QED) is 0.784. The first-order valence-corrected chi connectivity index (χ1v) is 8.45. The summed E-state index contributed by atoms with van der Waals surface area (Å²) in [6, 6.07) is 17.9. The van der Waals surface area contributed by atoms with Crippen LogP contribution in [0.2, 0.25) is 0 Å². The van der Waals surface area contributed by atoms with Crippen LogP contribution in [-0.4, -0.2) is 28.6 Å². The monoisotopic (exact) mass is 324 g/mol. The van der Waals surface area contributed by atoms with Gasteiger partial charge in [0.05, 0.1) is 6.61 Å². The first kappa shape index (κ1) is 16.7. The van der Waals surface area contributed by atoms with Crippen molar-refractivity contribution in [3.63, 3.8) is 0 Å². The molecule has 0 bridgehead atoms. The van der Waals surface area contributed by atoms with Gasteiger partial charge in [-0.3, -0.25) is 9.69 Å². The van der Waals surface area contributed by atoms with Crippen molar-refractivity contribution < 1.29 is 9.90 Å². The molecular weight excluding hydrogens is 300 g/mol. The number of hydrogen-bond acceptors (Lipinski definition) is 3. The van der Waals surface area contributed by atoms with Crippen LogP contribution in [0.15, 0.2) is 54.6 Å². The number of carbonyl (C=O) groups excluding carboxylic acids is 1. The number of rotatable bonds is 8. The van der Waals surface area contributed by atoms with Gasteiger partial charge in [0.2, 0.25) is 5.91 Å². The molecule has 0 heterocycles. The lowest BCUT2D eigenvalue weighted by Gasteiger charge is -2.31. The van der Waals surface area contributed by atoms with Crippen molar-refractivity contribution in [2.24, 2.45) is 11.7 Å². The van der Waals surface area contributed by atoms with E-state index in [1.54, 1.807) is 6.07 Å². The third kappa shape index (κ3) is 4.22. The Balaban J connectivity index is 1.81. The highest BCUT2D eigenvalue weighted by molar-refractivity contribution is 5.92. The summed E-state index contributed by atoms with van der Waals surface area (Å²) in [4.78, 5) is 13.7. The summed E-state index contributed by atoms with van der Waals surface area (Å²) in [6.07, 6.45) is 2.36. The van der Waals surface area contributed by atoms with Crippen LogP contribution in [0, 0.1) is 5.92 Å². The van der Waals surface area contributed by atoms with Gasteiger partial charge in [0, 0.05) is 24.7 Å². The van der Waals surface area contributed by atoms with Crippen molar-refractivity contribution in [2.75, 3.05) is 6.61 Å². The molecule has 1 saturated carbocycles. The minimum absolute atomic E-state index is 0.155. The molecule has 2 aromatic carbocycles. The zero-order valence-electron chi connectivity index (χ0n) is 13.8. The van der Waals surface area contributed by atoms with Gasteiger partial charge in [-0.1, -0.05) is 42.5 Å². The lowest BCUT2D eigenvalue weighted by atomic mass is 10.1. The summed E-state index contributed by atoms with van der Waals surface area (Å²) in [6.45, 7) is 1.63. The van der Waals surface area contributed by atoms with Crippen LogP contribution in [0.5, 0.6) is 0 Å². The fourth-order valence-electron chi connectivity index (χ4n) is 3.21. The zero-order chi connectivity index (χ0) is 16.9. The standard InChI is InChI=1S/C20H24N2O2/c21-20(24)18-8-4-7-16(11-18)13-22(19(14-23)17-9-10-17)12-15-5-2-1-3-6-15/h1-8,11,17,19,23H,9-10,12-14H2,(H2,21,24). The fourth-order valence-corrected chi connectivity index (χ4v) is 3.21. The predicted octanol–water partition coefficient (Wildman–Crippen LogP) is 2.56. The number of primary amides is 1. The summed E-state index contributed by atoms with van der Waals surface area (Å²) < 4.78 is 0. The Labute approximate surface area is 142 Å². The van der Waals surface area contributed by atoms with Crippen LogP contribution in [-0.2, 0) is 13.1 Å². The molecule has 0 saturated heterocycles. The fraction of sp³-hybridized carbons (Fsp3) is 0.350. The molecule has 1 aliphatic rings.